The third-order valence-electron chi connectivity index (χ3n) is 6.10. The van der Waals surface area contributed by atoms with Crippen LogP contribution in [-0.2, 0) is 22.1 Å². The number of pyridine rings is 1. The van der Waals surface area contributed by atoms with E-state index in [9.17, 15) is 18.0 Å². The summed E-state index contributed by atoms with van der Waals surface area (Å²) in [5.74, 6) is -0.0865. The van der Waals surface area contributed by atoms with Gasteiger partial charge in [-0.15, -0.1) is 0 Å². The summed E-state index contributed by atoms with van der Waals surface area (Å²) in [5, 5.41) is -0.257. The smallest absolute Gasteiger partial charge is 0.270 e. The number of rotatable bonds is 7. The second-order valence-electron chi connectivity index (χ2n) is 8.34. The molecular weight excluding hydrogens is 444 g/mol. The van der Waals surface area contributed by atoms with Crippen LogP contribution in [-0.4, -0.2) is 51.5 Å². The van der Waals surface area contributed by atoms with Gasteiger partial charge in [0.15, 0.2) is 9.84 Å². The SMILES string of the molecule is CCCCn1c(C(=O)N2CC(S(=O)(=O)Cc3ccco3)C2)cc2c(=O)n3ccccc3nc21. The predicted molar refractivity (Wildman–Crippen MR) is 123 cm³/mol. The minimum atomic E-state index is -3.44. The number of hydrogen-bond donors (Lipinski definition) is 0. The number of aryl methyl sites for hydroxylation is 1. The van der Waals surface area contributed by atoms with Gasteiger partial charge in [-0.2, -0.15) is 0 Å². The molecule has 4 aromatic rings. The van der Waals surface area contributed by atoms with Crippen LogP contribution >= 0.6 is 0 Å². The minimum Gasteiger partial charge on any atom is -0.468 e. The summed E-state index contributed by atoms with van der Waals surface area (Å²) in [6.07, 6.45) is 4.83. The number of carbonyl (C=O) groups is 1. The topological polar surface area (TPSA) is 107 Å². The van der Waals surface area contributed by atoms with Gasteiger partial charge in [0.05, 0.1) is 16.9 Å². The molecule has 0 unspecified atom stereocenters. The van der Waals surface area contributed by atoms with Crippen molar-refractivity contribution in [3.05, 3.63) is 70.7 Å². The normalized spacial score (nSPS) is 14.8. The van der Waals surface area contributed by atoms with Crippen molar-refractivity contribution in [2.45, 2.75) is 37.3 Å². The van der Waals surface area contributed by atoms with Gasteiger partial charge in [0, 0.05) is 25.8 Å². The molecule has 0 aliphatic carbocycles. The molecule has 1 aliphatic heterocycles. The third-order valence-corrected chi connectivity index (χ3v) is 8.10. The summed E-state index contributed by atoms with van der Waals surface area (Å²) in [4.78, 5) is 32.5. The van der Waals surface area contributed by atoms with Crippen LogP contribution in [0.5, 0.6) is 0 Å². The van der Waals surface area contributed by atoms with Gasteiger partial charge in [-0.3, -0.25) is 14.0 Å². The first-order chi connectivity index (χ1) is 15.9. The zero-order valence-corrected chi connectivity index (χ0v) is 19.0. The molecule has 0 spiro atoms. The Morgan fingerprint density at radius 3 is 2.76 bits per heavy atom. The number of likely N-dealkylation sites (tertiary alicyclic amines) is 1. The van der Waals surface area contributed by atoms with Crippen LogP contribution in [0.15, 0.2) is 58.1 Å². The van der Waals surface area contributed by atoms with E-state index in [1.165, 1.54) is 15.6 Å². The fourth-order valence-corrected chi connectivity index (χ4v) is 5.79. The third kappa shape index (κ3) is 3.74. The van der Waals surface area contributed by atoms with Crippen molar-refractivity contribution in [3.8, 4) is 0 Å². The summed E-state index contributed by atoms with van der Waals surface area (Å²) in [6, 6.07) is 10.2. The zero-order chi connectivity index (χ0) is 23.2. The number of hydrogen-bond acceptors (Lipinski definition) is 6. The molecule has 9 nitrogen and oxygen atoms in total. The van der Waals surface area contributed by atoms with Crippen LogP contribution < -0.4 is 5.56 Å². The Labute approximate surface area is 190 Å². The Bertz CT molecular complexity index is 1500. The van der Waals surface area contributed by atoms with E-state index in [1.807, 2.05) is 6.07 Å². The van der Waals surface area contributed by atoms with Crippen molar-refractivity contribution >= 4 is 32.4 Å². The van der Waals surface area contributed by atoms with Crippen LogP contribution in [0, 0.1) is 0 Å². The summed E-state index contributed by atoms with van der Waals surface area (Å²) in [6.45, 7) is 2.83. The molecule has 4 aromatic heterocycles. The minimum absolute atomic E-state index is 0.117. The highest BCUT2D eigenvalue weighted by Crippen LogP contribution is 2.25. The predicted octanol–water partition coefficient (Wildman–Crippen LogP) is 2.48. The Balaban J connectivity index is 1.45. The first kappa shape index (κ1) is 21.4. The van der Waals surface area contributed by atoms with E-state index in [0.717, 1.165) is 12.8 Å². The number of fused-ring (bicyclic) bond motifs is 2. The van der Waals surface area contributed by atoms with E-state index in [-0.39, 0.29) is 30.3 Å². The molecule has 172 valence electrons. The second kappa shape index (κ2) is 8.18. The number of unbranched alkanes of at least 4 members (excludes halogenated alkanes) is 1. The molecular formula is C23H24N4O5S. The largest absolute Gasteiger partial charge is 0.468 e. The highest BCUT2D eigenvalue weighted by Gasteiger charge is 2.41. The molecule has 1 aliphatic rings. The molecule has 0 saturated carbocycles. The van der Waals surface area contributed by atoms with Gasteiger partial charge in [-0.05, 0) is 36.8 Å². The van der Waals surface area contributed by atoms with Gasteiger partial charge in [-0.1, -0.05) is 19.4 Å². The summed E-state index contributed by atoms with van der Waals surface area (Å²) in [5.41, 5.74) is 1.12. The quantitative estimate of drug-likeness (QED) is 0.412. The van der Waals surface area contributed by atoms with E-state index < -0.39 is 15.1 Å². The molecule has 0 N–H and O–H groups in total. The zero-order valence-electron chi connectivity index (χ0n) is 18.2. The number of nitrogens with zero attached hydrogens (tertiary/aromatic N) is 4. The Morgan fingerprint density at radius 1 is 1.21 bits per heavy atom. The van der Waals surface area contributed by atoms with Crippen LogP contribution in [0.2, 0.25) is 0 Å². The fourth-order valence-electron chi connectivity index (χ4n) is 4.18. The van der Waals surface area contributed by atoms with Crippen LogP contribution in [0.1, 0.15) is 36.0 Å². The summed E-state index contributed by atoms with van der Waals surface area (Å²) >= 11 is 0. The van der Waals surface area contributed by atoms with E-state index in [2.05, 4.69) is 11.9 Å². The molecule has 1 amide bonds. The average Bonchev–Trinajstić information content (AvgIpc) is 3.38. The van der Waals surface area contributed by atoms with E-state index in [4.69, 9.17) is 4.42 Å². The van der Waals surface area contributed by atoms with Crippen molar-refractivity contribution in [3.63, 3.8) is 0 Å². The van der Waals surface area contributed by atoms with Gasteiger partial charge in [0.1, 0.15) is 28.5 Å². The molecule has 0 aromatic carbocycles. The molecule has 0 atom stereocenters. The number of aromatic nitrogens is 3. The van der Waals surface area contributed by atoms with Crippen molar-refractivity contribution in [2.24, 2.45) is 0 Å². The van der Waals surface area contributed by atoms with E-state index in [1.54, 1.807) is 41.1 Å². The number of carbonyl (C=O) groups excluding carboxylic acids is 1. The highest BCUT2D eigenvalue weighted by atomic mass is 32.2. The van der Waals surface area contributed by atoms with Gasteiger partial charge >= 0.3 is 0 Å². The van der Waals surface area contributed by atoms with Crippen LogP contribution in [0.25, 0.3) is 16.7 Å². The monoisotopic (exact) mass is 468 g/mol. The van der Waals surface area contributed by atoms with Crippen molar-refractivity contribution in [1.82, 2.24) is 18.9 Å². The van der Waals surface area contributed by atoms with Crippen molar-refractivity contribution in [1.29, 1.82) is 0 Å². The molecule has 33 heavy (non-hydrogen) atoms. The van der Waals surface area contributed by atoms with E-state index in [0.29, 0.717) is 34.7 Å². The molecule has 5 rings (SSSR count). The highest BCUT2D eigenvalue weighted by molar-refractivity contribution is 7.91. The lowest BCUT2D eigenvalue weighted by molar-refractivity contribution is 0.0647. The Morgan fingerprint density at radius 2 is 2.03 bits per heavy atom. The summed E-state index contributed by atoms with van der Waals surface area (Å²) < 4.78 is 33.7. The number of furan rings is 1. The first-order valence-corrected chi connectivity index (χ1v) is 12.6. The van der Waals surface area contributed by atoms with Gasteiger partial charge in [0.25, 0.3) is 11.5 Å². The maximum Gasteiger partial charge on any atom is 0.270 e. The van der Waals surface area contributed by atoms with Gasteiger partial charge in [-0.25, -0.2) is 13.4 Å². The second-order valence-corrected chi connectivity index (χ2v) is 10.6. The number of amides is 1. The average molecular weight is 469 g/mol. The first-order valence-electron chi connectivity index (χ1n) is 10.9. The maximum absolute atomic E-state index is 13.3. The number of sulfone groups is 1. The molecule has 0 bridgehead atoms. The molecule has 10 heteroatoms. The van der Waals surface area contributed by atoms with Gasteiger partial charge in [0.2, 0.25) is 0 Å². The van der Waals surface area contributed by atoms with Gasteiger partial charge < -0.3 is 13.9 Å². The Hall–Kier alpha value is -3.40. The van der Waals surface area contributed by atoms with E-state index >= 15 is 0 Å². The molecule has 5 heterocycles. The molecule has 1 saturated heterocycles. The lowest BCUT2D eigenvalue weighted by Gasteiger charge is -2.38. The molecule has 0 radical (unpaired) electrons. The summed E-state index contributed by atoms with van der Waals surface area (Å²) in [7, 11) is -3.44. The standard InChI is InChI=1S/C23H24N4O5S/c1-2-3-9-26-19(12-18-21(26)24-20-8-4-5-10-27(20)22(18)28)23(29)25-13-17(14-25)33(30,31)15-16-7-6-11-32-16/h4-8,10-12,17H,2-3,9,13-15H2,1H3. The lowest BCUT2D eigenvalue weighted by atomic mass is 10.2. The van der Waals surface area contributed by atoms with Crippen molar-refractivity contribution in [2.75, 3.05) is 13.1 Å². The lowest BCUT2D eigenvalue weighted by Crippen LogP contribution is -2.57. The molecule has 1 fully saturated rings. The maximum atomic E-state index is 13.3. The van der Waals surface area contributed by atoms with Crippen LogP contribution in [0.4, 0.5) is 0 Å². The fraction of sp³-hybridized carbons (Fsp3) is 0.348. The Kier molecular flexibility index (Phi) is 5.32. The van der Waals surface area contributed by atoms with Crippen molar-refractivity contribution < 1.29 is 17.6 Å². The van der Waals surface area contributed by atoms with Crippen LogP contribution in [0.3, 0.4) is 0 Å².